The second-order valence-electron chi connectivity index (χ2n) is 10.4. The Kier molecular flexibility index (Phi) is 6.33. The van der Waals surface area contributed by atoms with Crippen molar-refractivity contribution in [2.45, 2.75) is 83.6 Å². The van der Waals surface area contributed by atoms with E-state index < -0.39 is 64.9 Å². The lowest BCUT2D eigenvalue weighted by Gasteiger charge is -2.58. The van der Waals surface area contributed by atoms with Crippen LogP contribution >= 0.6 is 0 Å². The summed E-state index contributed by atoms with van der Waals surface area (Å²) >= 11 is 0. The first-order chi connectivity index (χ1) is 15.9. The number of aliphatic hydroxyl groups excluding tert-OH is 2. The van der Waals surface area contributed by atoms with Gasteiger partial charge in [0.2, 0.25) is 0 Å². The van der Waals surface area contributed by atoms with E-state index in [1.807, 2.05) is 19.9 Å². The highest BCUT2D eigenvalue weighted by atomic mass is 16.7. The molecule has 9 atom stereocenters. The quantitative estimate of drug-likeness (QED) is 0.230. The second-order valence-corrected chi connectivity index (χ2v) is 10.4. The van der Waals surface area contributed by atoms with E-state index >= 15 is 0 Å². The maximum atomic E-state index is 12.6. The Morgan fingerprint density at radius 3 is 2.47 bits per heavy atom. The van der Waals surface area contributed by atoms with Crippen molar-refractivity contribution in [3.63, 3.8) is 0 Å². The first kappa shape index (κ1) is 25.1. The molecule has 0 amide bonds. The summed E-state index contributed by atoms with van der Waals surface area (Å²) in [7, 11) is 0. The molecule has 190 valence electrons. The standard InChI is InChI=1S/C24H34O10/c1-12(9-25)6-18(28)33-16-8-23(10-30-14(3)26)17(7-13(16)2)34-21-19(29)20(32-15(4)27)22(23,5)24(21)11-31-24/h7,12,16-17,19-21,25,29H,6,8-11H2,1-5H3/t12?,16-,17+,19+,20+,21+,22+,23+,24-/m0/s1. The number of fused-ring (bicyclic) bond motifs is 2. The van der Waals surface area contributed by atoms with Crippen molar-refractivity contribution < 1.29 is 48.3 Å². The highest BCUT2D eigenvalue weighted by Crippen LogP contribution is 2.72. The number of epoxide rings is 1. The molecule has 2 N–H and O–H groups in total. The number of carbonyl (C=O) groups excluding carboxylic acids is 3. The first-order valence-electron chi connectivity index (χ1n) is 11.7. The van der Waals surface area contributed by atoms with E-state index in [-0.39, 0.29) is 32.0 Å². The average Bonchev–Trinajstić information content (AvgIpc) is 3.54. The molecule has 2 heterocycles. The molecule has 0 aromatic rings. The van der Waals surface area contributed by atoms with Crippen molar-refractivity contribution >= 4 is 17.9 Å². The van der Waals surface area contributed by atoms with Gasteiger partial charge in [-0.1, -0.05) is 19.9 Å². The first-order valence-corrected chi connectivity index (χ1v) is 11.7. The topological polar surface area (TPSA) is 141 Å². The minimum Gasteiger partial charge on any atom is -0.465 e. The fourth-order valence-corrected chi connectivity index (χ4v) is 6.28. The normalized spacial score (nSPS) is 42.9. The number of carbonyl (C=O) groups is 3. The van der Waals surface area contributed by atoms with Gasteiger partial charge >= 0.3 is 17.9 Å². The summed E-state index contributed by atoms with van der Waals surface area (Å²) in [6, 6.07) is 0. The van der Waals surface area contributed by atoms with Crippen LogP contribution in [-0.2, 0) is 38.1 Å². The van der Waals surface area contributed by atoms with Crippen LogP contribution in [0.2, 0.25) is 0 Å². The van der Waals surface area contributed by atoms with Crippen LogP contribution in [0.3, 0.4) is 0 Å². The van der Waals surface area contributed by atoms with Gasteiger partial charge in [0.05, 0.1) is 30.0 Å². The third-order valence-electron chi connectivity index (χ3n) is 8.25. The van der Waals surface area contributed by atoms with E-state index in [0.29, 0.717) is 6.61 Å². The minimum atomic E-state index is -1.14. The molecular weight excluding hydrogens is 448 g/mol. The summed E-state index contributed by atoms with van der Waals surface area (Å²) in [4.78, 5) is 36.5. The van der Waals surface area contributed by atoms with E-state index in [2.05, 4.69) is 0 Å². The molecular formula is C24H34O10. The Labute approximate surface area is 198 Å². The highest BCUT2D eigenvalue weighted by Gasteiger charge is 2.86. The van der Waals surface area contributed by atoms with Crippen molar-refractivity contribution in [3.05, 3.63) is 11.6 Å². The minimum absolute atomic E-state index is 0.0539. The maximum Gasteiger partial charge on any atom is 0.306 e. The molecule has 1 saturated carbocycles. The van der Waals surface area contributed by atoms with E-state index in [9.17, 15) is 24.6 Å². The molecule has 4 aliphatic rings. The maximum absolute atomic E-state index is 12.6. The third-order valence-corrected chi connectivity index (χ3v) is 8.25. The number of hydrogen-bond donors (Lipinski definition) is 2. The highest BCUT2D eigenvalue weighted by molar-refractivity contribution is 5.70. The zero-order valence-corrected chi connectivity index (χ0v) is 20.2. The van der Waals surface area contributed by atoms with Gasteiger partial charge in [-0.25, -0.2) is 0 Å². The Morgan fingerprint density at radius 1 is 1.24 bits per heavy atom. The Morgan fingerprint density at radius 2 is 1.91 bits per heavy atom. The van der Waals surface area contributed by atoms with Crippen LogP contribution in [0.4, 0.5) is 0 Å². The molecule has 4 rings (SSSR count). The summed E-state index contributed by atoms with van der Waals surface area (Å²) < 4.78 is 29.3. The summed E-state index contributed by atoms with van der Waals surface area (Å²) in [6.45, 7) is 8.07. The van der Waals surface area contributed by atoms with Crippen LogP contribution in [0.25, 0.3) is 0 Å². The van der Waals surface area contributed by atoms with Crippen molar-refractivity contribution in [1.82, 2.24) is 0 Å². The molecule has 0 radical (unpaired) electrons. The van der Waals surface area contributed by atoms with Crippen LogP contribution < -0.4 is 0 Å². The lowest BCUT2D eigenvalue weighted by atomic mass is 9.51. The van der Waals surface area contributed by atoms with Crippen molar-refractivity contribution in [1.29, 1.82) is 0 Å². The summed E-state index contributed by atoms with van der Waals surface area (Å²) in [5.74, 6) is -1.76. The van der Waals surface area contributed by atoms with Crippen LogP contribution in [-0.4, -0.2) is 84.1 Å². The van der Waals surface area contributed by atoms with E-state index in [4.69, 9.17) is 23.7 Å². The summed E-state index contributed by atoms with van der Waals surface area (Å²) in [5, 5.41) is 20.5. The number of hydrogen-bond acceptors (Lipinski definition) is 10. The number of ether oxygens (including phenoxy) is 5. The van der Waals surface area contributed by atoms with Gasteiger partial charge in [0, 0.05) is 26.9 Å². The van der Waals surface area contributed by atoms with E-state index in [1.165, 1.54) is 13.8 Å². The lowest BCUT2D eigenvalue weighted by Crippen LogP contribution is -2.68. The van der Waals surface area contributed by atoms with Gasteiger partial charge in [-0.2, -0.15) is 0 Å². The van der Waals surface area contributed by atoms with Crippen molar-refractivity contribution in [2.75, 3.05) is 19.8 Å². The number of aliphatic hydroxyl groups is 2. The second kappa shape index (κ2) is 8.58. The third kappa shape index (κ3) is 3.57. The average molecular weight is 483 g/mol. The van der Waals surface area contributed by atoms with Crippen molar-refractivity contribution in [3.8, 4) is 0 Å². The largest absolute Gasteiger partial charge is 0.465 e. The van der Waals surface area contributed by atoms with Gasteiger partial charge in [-0.3, -0.25) is 14.4 Å². The monoisotopic (exact) mass is 482 g/mol. The van der Waals surface area contributed by atoms with E-state index in [1.54, 1.807) is 6.92 Å². The van der Waals surface area contributed by atoms with Gasteiger partial charge in [0.1, 0.15) is 36.6 Å². The fourth-order valence-electron chi connectivity index (χ4n) is 6.28. The molecule has 0 aromatic heterocycles. The molecule has 2 saturated heterocycles. The van der Waals surface area contributed by atoms with Crippen LogP contribution in [0.1, 0.15) is 47.5 Å². The van der Waals surface area contributed by atoms with Crippen LogP contribution in [0.5, 0.6) is 0 Å². The molecule has 34 heavy (non-hydrogen) atoms. The molecule has 3 fully saturated rings. The van der Waals surface area contributed by atoms with Crippen LogP contribution in [0.15, 0.2) is 11.6 Å². The molecule has 2 bridgehead atoms. The van der Waals surface area contributed by atoms with Gasteiger partial charge in [-0.15, -0.1) is 0 Å². The van der Waals surface area contributed by atoms with Crippen molar-refractivity contribution in [2.24, 2.45) is 16.7 Å². The molecule has 2 aliphatic carbocycles. The zero-order valence-electron chi connectivity index (χ0n) is 20.2. The molecule has 10 heteroatoms. The van der Waals surface area contributed by atoms with Gasteiger partial charge in [0.25, 0.3) is 0 Å². The Bertz CT molecular complexity index is 894. The zero-order chi connectivity index (χ0) is 25.1. The summed E-state index contributed by atoms with van der Waals surface area (Å²) in [6.07, 6.45) is -2.00. The Balaban J connectivity index is 1.77. The van der Waals surface area contributed by atoms with Crippen LogP contribution in [0, 0.1) is 16.7 Å². The number of esters is 3. The predicted octanol–water partition coefficient (Wildman–Crippen LogP) is 0.665. The Hall–Kier alpha value is -2.01. The van der Waals surface area contributed by atoms with E-state index in [0.717, 1.165) is 5.57 Å². The van der Waals surface area contributed by atoms with Gasteiger partial charge in [-0.05, 0) is 18.4 Å². The van der Waals surface area contributed by atoms with Gasteiger partial charge in [0.15, 0.2) is 0 Å². The molecule has 0 aromatic carbocycles. The molecule has 1 spiro atoms. The molecule has 1 unspecified atom stereocenters. The molecule has 2 aliphatic heterocycles. The summed E-state index contributed by atoms with van der Waals surface area (Å²) in [5.41, 5.74) is -2.19. The fraction of sp³-hybridized carbons (Fsp3) is 0.792. The predicted molar refractivity (Wildman–Crippen MR) is 115 cm³/mol. The number of rotatable bonds is 7. The SMILES string of the molecule is CC(=O)OC[C@]12C[C@H](OC(=O)CC(C)CO)C(C)=C[C@H]1O[C@@H]1[C@H](O)[C@@H](OC(C)=O)[C@@]2(C)[C@]12CO2. The molecule has 10 nitrogen and oxygen atoms in total. The van der Waals surface area contributed by atoms with Gasteiger partial charge < -0.3 is 33.9 Å². The smallest absolute Gasteiger partial charge is 0.306 e. The lowest BCUT2D eigenvalue weighted by molar-refractivity contribution is -0.241.